The molecule has 0 saturated heterocycles. The number of carbonyl (C=O) groups excluding carboxylic acids is 1. The third-order valence-corrected chi connectivity index (χ3v) is 3.20. The van der Waals surface area contributed by atoms with E-state index in [1.165, 1.54) is 11.6 Å². The van der Waals surface area contributed by atoms with Gasteiger partial charge in [-0.15, -0.1) is 0 Å². The molecule has 0 spiro atoms. The van der Waals surface area contributed by atoms with Gasteiger partial charge in [0, 0.05) is 30.9 Å². The SMILES string of the molecule is Cc1ccc2nc(CNC(=O)/C=C/c3cccnc3)cn2c1. The molecule has 110 valence electrons. The van der Waals surface area contributed by atoms with E-state index in [9.17, 15) is 4.79 Å². The fourth-order valence-corrected chi connectivity index (χ4v) is 2.12. The summed E-state index contributed by atoms with van der Waals surface area (Å²) >= 11 is 0. The highest BCUT2D eigenvalue weighted by molar-refractivity contribution is 5.91. The largest absolute Gasteiger partial charge is 0.347 e. The molecule has 0 bridgehead atoms. The van der Waals surface area contributed by atoms with Gasteiger partial charge in [-0.2, -0.15) is 0 Å². The zero-order valence-electron chi connectivity index (χ0n) is 12.2. The number of pyridine rings is 2. The first-order chi connectivity index (χ1) is 10.7. The maximum absolute atomic E-state index is 11.8. The van der Waals surface area contributed by atoms with Crippen molar-refractivity contribution in [1.29, 1.82) is 0 Å². The van der Waals surface area contributed by atoms with E-state index < -0.39 is 0 Å². The first-order valence-electron chi connectivity index (χ1n) is 7.01. The number of nitrogens with zero attached hydrogens (tertiary/aromatic N) is 3. The molecule has 0 aliphatic heterocycles. The van der Waals surface area contributed by atoms with Gasteiger partial charge in [0.05, 0.1) is 12.2 Å². The molecule has 1 amide bonds. The van der Waals surface area contributed by atoms with Crippen molar-refractivity contribution in [2.75, 3.05) is 0 Å². The molecule has 0 fully saturated rings. The van der Waals surface area contributed by atoms with Gasteiger partial charge in [-0.05, 0) is 36.3 Å². The molecule has 0 aromatic carbocycles. The number of amides is 1. The molecule has 1 N–H and O–H groups in total. The smallest absolute Gasteiger partial charge is 0.244 e. The Kier molecular flexibility index (Phi) is 3.96. The van der Waals surface area contributed by atoms with Crippen LogP contribution in [0.2, 0.25) is 0 Å². The normalized spacial score (nSPS) is 11.1. The number of nitrogens with one attached hydrogen (secondary N) is 1. The summed E-state index contributed by atoms with van der Waals surface area (Å²) in [4.78, 5) is 20.3. The second kappa shape index (κ2) is 6.22. The van der Waals surface area contributed by atoms with Crippen molar-refractivity contribution in [3.63, 3.8) is 0 Å². The van der Waals surface area contributed by atoms with Crippen LogP contribution in [0.4, 0.5) is 0 Å². The zero-order valence-corrected chi connectivity index (χ0v) is 12.2. The molecule has 3 rings (SSSR count). The Balaban J connectivity index is 1.61. The van der Waals surface area contributed by atoms with Crippen molar-refractivity contribution in [2.24, 2.45) is 0 Å². The van der Waals surface area contributed by atoms with E-state index >= 15 is 0 Å². The lowest BCUT2D eigenvalue weighted by Crippen LogP contribution is -2.20. The van der Waals surface area contributed by atoms with Gasteiger partial charge < -0.3 is 9.72 Å². The number of carbonyl (C=O) groups is 1. The summed E-state index contributed by atoms with van der Waals surface area (Å²) in [5.74, 6) is -0.155. The van der Waals surface area contributed by atoms with Gasteiger partial charge in [-0.1, -0.05) is 12.1 Å². The standard InChI is InChI=1S/C17H16N4O/c1-13-4-6-16-20-15(12-21(16)11-13)10-19-17(22)7-5-14-3-2-8-18-9-14/h2-9,11-12H,10H2,1H3,(H,19,22)/b7-5+. The first kappa shape index (κ1) is 14.0. The fourth-order valence-electron chi connectivity index (χ4n) is 2.12. The van der Waals surface area contributed by atoms with Crippen LogP contribution >= 0.6 is 0 Å². The summed E-state index contributed by atoms with van der Waals surface area (Å²) in [5, 5.41) is 2.82. The van der Waals surface area contributed by atoms with Gasteiger partial charge in [0.1, 0.15) is 5.65 Å². The molecule has 0 aliphatic rings. The number of aryl methyl sites for hydroxylation is 1. The summed E-state index contributed by atoms with van der Waals surface area (Å²) in [6, 6.07) is 7.70. The number of hydrogen-bond acceptors (Lipinski definition) is 3. The molecule has 0 radical (unpaired) electrons. The van der Waals surface area contributed by atoms with Gasteiger partial charge in [-0.3, -0.25) is 9.78 Å². The molecule has 22 heavy (non-hydrogen) atoms. The highest BCUT2D eigenvalue weighted by Gasteiger charge is 2.03. The third-order valence-electron chi connectivity index (χ3n) is 3.20. The lowest BCUT2D eigenvalue weighted by Gasteiger charge is -1.98. The van der Waals surface area contributed by atoms with E-state index in [4.69, 9.17) is 0 Å². The predicted octanol–water partition coefficient (Wildman–Crippen LogP) is 2.37. The summed E-state index contributed by atoms with van der Waals surface area (Å²) in [5.41, 5.74) is 3.76. The maximum atomic E-state index is 11.8. The van der Waals surface area contributed by atoms with Gasteiger partial charge in [-0.25, -0.2) is 4.98 Å². The van der Waals surface area contributed by atoms with Crippen LogP contribution in [0.25, 0.3) is 11.7 Å². The molecular weight excluding hydrogens is 276 g/mol. The van der Waals surface area contributed by atoms with Crippen LogP contribution in [-0.4, -0.2) is 20.3 Å². The van der Waals surface area contributed by atoms with Crippen molar-refractivity contribution in [2.45, 2.75) is 13.5 Å². The number of hydrogen-bond donors (Lipinski definition) is 1. The highest BCUT2D eigenvalue weighted by atomic mass is 16.1. The molecule has 5 nitrogen and oxygen atoms in total. The van der Waals surface area contributed by atoms with Crippen LogP contribution in [0, 0.1) is 6.92 Å². The van der Waals surface area contributed by atoms with Gasteiger partial charge in [0.2, 0.25) is 5.91 Å². The van der Waals surface area contributed by atoms with Crippen LogP contribution in [0.15, 0.2) is 55.1 Å². The molecule has 0 aliphatic carbocycles. The van der Waals surface area contributed by atoms with E-state index in [2.05, 4.69) is 15.3 Å². The van der Waals surface area contributed by atoms with Crippen LogP contribution < -0.4 is 5.32 Å². The van der Waals surface area contributed by atoms with Crippen LogP contribution in [0.3, 0.4) is 0 Å². The third kappa shape index (κ3) is 3.38. The van der Waals surface area contributed by atoms with E-state index in [0.29, 0.717) is 6.54 Å². The molecule has 3 aromatic heterocycles. The molecule has 5 heteroatoms. The minimum Gasteiger partial charge on any atom is -0.347 e. The van der Waals surface area contributed by atoms with Crippen molar-refractivity contribution in [3.8, 4) is 0 Å². The van der Waals surface area contributed by atoms with E-state index in [1.807, 2.05) is 48.0 Å². The Labute approximate surface area is 128 Å². The van der Waals surface area contributed by atoms with Crippen molar-refractivity contribution in [3.05, 3.63) is 71.9 Å². The molecular formula is C17H16N4O. The fraction of sp³-hybridized carbons (Fsp3) is 0.118. The second-order valence-corrected chi connectivity index (χ2v) is 5.04. The molecule has 0 saturated carbocycles. The monoisotopic (exact) mass is 292 g/mol. The minimum atomic E-state index is -0.155. The van der Waals surface area contributed by atoms with Crippen LogP contribution in [0.1, 0.15) is 16.8 Å². The quantitative estimate of drug-likeness (QED) is 0.751. The van der Waals surface area contributed by atoms with Crippen molar-refractivity contribution in [1.82, 2.24) is 19.7 Å². The average Bonchev–Trinajstić information content (AvgIpc) is 2.94. The Hall–Kier alpha value is -2.95. The summed E-state index contributed by atoms with van der Waals surface area (Å²) < 4.78 is 1.96. The van der Waals surface area contributed by atoms with Crippen molar-refractivity contribution >= 4 is 17.6 Å². The topological polar surface area (TPSA) is 59.3 Å². The number of fused-ring (bicyclic) bond motifs is 1. The Morgan fingerprint density at radius 1 is 1.32 bits per heavy atom. The zero-order chi connectivity index (χ0) is 15.4. The second-order valence-electron chi connectivity index (χ2n) is 5.04. The summed E-state index contributed by atoms with van der Waals surface area (Å²) in [7, 11) is 0. The predicted molar refractivity (Wildman–Crippen MR) is 85.0 cm³/mol. The van der Waals surface area contributed by atoms with E-state index in [-0.39, 0.29) is 5.91 Å². The molecule has 0 atom stereocenters. The minimum absolute atomic E-state index is 0.155. The molecule has 3 aromatic rings. The molecule has 0 unspecified atom stereocenters. The van der Waals surface area contributed by atoms with E-state index in [0.717, 1.165) is 16.9 Å². The Morgan fingerprint density at radius 3 is 3.05 bits per heavy atom. The summed E-state index contributed by atoms with van der Waals surface area (Å²) in [6.07, 6.45) is 10.6. The number of rotatable bonds is 4. The number of aromatic nitrogens is 3. The van der Waals surface area contributed by atoms with Gasteiger partial charge in [0.15, 0.2) is 0 Å². The van der Waals surface area contributed by atoms with Gasteiger partial charge >= 0.3 is 0 Å². The lowest BCUT2D eigenvalue weighted by molar-refractivity contribution is -0.116. The Morgan fingerprint density at radius 2 is 2.23 bits per heavy atom. The van der Waals surface area contributed by atoms with Crippen LogP contribution in [0.5, 0.6) is 0 Å². The van der Waals surface area contributed by atoms with Crippen molar-refractivity contribution < 1.29 is 4.79 Å². The van der Waals surface area contributed by atoms with Gasteiger partial charge in [0.25, 0.3) is 0 Å². The van der Waals surface area contributed by atoms with Crippen LogP contribution in [-0.2, 0) is 11.3 Å². The Bertz CT molecular complexity index is 821. The number of imidazole rings is 1. The summed E-state index contributed by atoms with van der Waals surface area (Å²) in [6.45, 7) is 2.43. The average molecular weight is 292 g/mol. The maximum Gasteiger partial charge on any atom is 0.244 e. The van der Waals surface area contributed by atoms with E-state index in [1.54, 1.807) is 18.5 Å². The lowest BCUT2D eigenvalue weighted by atomic mass is 10.2. The highest BCUT2D eigenvalue weighted by Crippen LogP contribution is 2.07. The first-order valence-corrected chi connectivity index (χ1v) is 7.01. The molecule has 3 heterocycles.